The first-order valence-corrected chi connectivity index (χ1v) is 12.9. The van der Waals surface area contributed by atoms with Crippen LogP contribution in [0.5, 0.6) is 0 Å². The van der Waals surface area contributed by atoms with E-state index < -0.39 is 6.92 Å². The maximum absolute atomic E-state index is 6.18. The van der Waals surface area contributed by atoms with Gasteiger partial charge in [0.15, 0.2) is 5.30 Å². The summed E-state index contributed by atoms with van der Waals surface area (Å²) in [5, 5.41) is 1.11. The Morgan fingerprint density at radius 2 is 1.76 bits per heavy atom. The fraction of sp³-hybridized carbons (Fsp3) is 0.304. The zero-order valence-corrected chi connectivity index (χ0v) is 19.5. The van der Waals surface area contributed by atoms with Crippen molar-refractivity contribution in [1.29, 1.82) is 0 Å². The molecule has 1 fully saturated rings. The molecule has 1 heterocycles. The Balaban J connectivity index is 1.57. The van der Waals surface area contributed by atoms with Crippen LogP contribution in [0.4, 0.5) is 0 Å². The van der Waals surface area contributed by atoms with Crippen molar-refractivity contribution in [3.05, 3.63) is 81.5 Å². The van der Waals surface area contributed by atoms with Crippen LogP contribution in [0.1, 0.15) is 18.4 Å². The van der Waals surface area contributed by atoms with Gasteiger partial charge in [-0.25, -0.2) is 0 Å². The molecule has 0 amide bonds. The SMILES string of the molecule is S=[P+](OCC1=C(N2CCOCC2)/C(=C/c2ccc(Br)cc2)CC1)c1ccccc1. The Bertz CT molecular complexity index is 922. The third kappa shape index (κ3) is 5.42. The van der Waals surface area contributed by atoms with Gasteiger partial charge in [0.05, 0.1) is 13.2 Å². The zero-order chi connectivity index (χ0) is 20.1. The Kier molecular flexibility index (Phi) is 7.28. The number of halogens is 1. The van der Waals surface area contributed by atoms with E-state index in [1.165, 1.54) is 22.4 Å². The van der Waals surface area contributed by atoms with Crippen LogP contribution in [0.3, 0.4) is 0 Å². The van der Waals surface area contributed by atoms with Crippen molar-refractivity contribution in [3.63, 3.8) is 0 Å². The molecule has 0 bridgehead atoms. The molecule has 3 nitrogen and oxygen atoms in total. The van der Waals surface area contributed by atoms with E-state index in [0.717, 1.165) is 48.9 Å². The monoisotopic (exact) mass is 488 g/mol. The fourth-order valence-corrected chi connectivity index (χ4v) is 5.39. The summed E-state index contributed by atoms with van der Waals surface area (Å²) < 4.78 is 12.9. The van der Waals surface area contributed by atoms with Crippen LogP contribution < -0.4 is 5.30 Å². The molecule has 4 rings (SSSR count). The average Bonchev–Trinajstić information content (AvgIpc) is 3.17. The molecule has 1 saturated heterocycles. The molecule has 2 aliphatic rings. The summed E-state index contributed by atoms with van der Waals surface area (Å²) in [4.78, 5) is 2.47. The Morgan fingerprint density at radius 3 is 2.48 bits per heavy atom. The lowest BCUT2D eigenvalue weighted by Gasteiger charge is -2.31. The van der Waals surface area contributed by atoms with Crippen molar-refractivity contribution in [3.8, 4) is 0 Å². The molecule has 0 spiro atoms. The topological polar surface area (TPSA) is 21.7 Å². The van der Waals surface area contributed by atoms with Gasteiger partial charge in [0.25, 0.3) is 0 Å². The third-order valence-corrected chi connectivity index (χ3v) is 7.76. The summed E-state index contributed by atoms with van der Waals surface area (Å²) in [5.74, 6) is 0. The molecule has 2 aromatic carbocycles. The number of nitrogens with zero attached hydrogens (tertiary/aromatic N) is 1. The van der Waals surface area contributed by atoms with E-state index in [2.05, 4.69) is 63.3 Å². The van der Waals surface area contributed by atoms with Gasteiger partial charge in [-0.05, 0) is 59.9 Å². The molecule has 6 heteroatoms. The van der Waals surface area contributed by atoms with Crippen LogP contribution in [0, 0.1) is 0 Å². The van der Waals surface area contributed by atoms with Crippen LogP contribution in [0.15, 0.2) is 75.9 Å². The quantitative estimate of drug-likeness (QED) is 0.506. The second kappa shape index (κ2) is 10.1. The smallest absolute Gasteiger partial charge is 0.378 e. The molecular weight excluding hydrogens is 465 g/mol. The molecule has 150 valence electrons. The maximum atomic E-state index is 6.18. The molecule has 0 N–H and O–H groups in total. The number of morpholine rings is 1. The van der Waals surface area contributed by atoms with E-state index >= 15 is 0 Å². The van der Waals surface area contributed by atoms with E-state index in [1.54, 1.807) is 0 Å². The molecule has 1 unspecified atom stereocenters. The van der Waals surface area contributed by atoms with Gasteiger partial charge in [-0.3, -0.25) is 0 Å². The summed E-state index contributed by atoms with van der Waals surface area (Å²) in [5.41, 5.74) is 5.33. The number of allylic oxidation sites excluding steroid dienone is 1. The molecular formula is C23H24BrNO2PS+. The zero-order valence-electron chi connectivity index (χ0n) is 16.2. The lowest BCUT2D eigenvalue weighted by molar-refractivity contribution is 0.0544. The summed E-state index contributed by atoms with van der Waals surface area (Å²) >= 11 is 9.17. The average molecular weight is 489 g/mol. The standard InChI is InChI=1S/C23H24BrNO2PS/c24-21-10-6-18(7-11-21)16-19-8-9-20(23(19)25-12-14-26-15-13-25)17-27-28(29)22-4-2-1-3-5-22/h1-7,10-11,16H,8-9,12-15,17H2/q+1/b19-16+. The van der Waals surface area contributed by atoms with Gasteiger partial charge in [0.1, 0.15) is 6.61 Å². The number of ether oxygens (including phenoxy) is 1. The van der Waals surface area contributed by atoms with Crippen molar-refractivity contribution < 1.29 is 9.26 Å². The molecule has 29 heavy (non-hydrogen) atoms. The highest BCUT2D eigenvalue weighted by molar-refractivity contribution is 9.10. The van der Waals surface area contributed by atoms with Crippen LogP contribution in [0.2, 0.25) is 0 Å². The minimum absolute atomic E-state index is 0.606. The Morgan fingerprint density at radius 1 is 1.03 bits per heavy atom. The van der Waals surface area contributed by atoms with Crippen LogP contribution in [0.25, 0.3) is 6.08 Å². The minimum Gasteiger partial charge on any atom is -0.378 e. The van der Waals surface area contributed by atoms with E-state index in [0.29, 0.717) is 6.61 Å². The molecule has 0 aromatic heterocycles. The van der Waals surface area contributed by atoms with Crippen LogP contribution in [-0.2, 0) is 21.1 Å². The minimum atomic E-state index is -1.01. The lowest BCUT2D eigenvalue weighted by Crippen LogP contribution is -2.36. The van der Waals surface area contributed by atoms with Gasteiger partial charge in [-0.15, -0.1) is 0 Å². The van der Waals surface area contributed by atoms with Crippen molar-refractivity contribution >= 4 is 46.0 Å². The second-order valence-electron chi connectivity index (χ2n) is 7.14. The van der Waals surface area contributed by atoms with E-state index in [9.17, 15) is 0 Å². The molecule has 1 aliphatic heterocycles. The largest absolute Gasteiger partial charge is 0.378 e. The second-order valence-corrected chi connectivity index (χ2v) is 10.3. The van der Waals surface area contributed by atoms with Gasteiger partial charge in [-0.1, -0.05) is 46.3 Å². The van der Waals surface area contributed by atoms with Gasteiger partial charge in [0, 0.05) is 23.3 Å². The van der Waals surface area contributed by atoms with Gasteiger partial charge in [-0.2, -0.15) is 4.52 Å². The maximum Gasteiger partial charge on any atom is 0.378 e. The van der Waals surface area contributed by atoms with Gasteiger partial charge >= 0.3 is 6.92 Å². The van der Waals surface area contributed by atoms with Crippen LogP contribution in [-0.4, -0.2) is 37.8 Å². The highest BCUT2D eigenvalue weighted by Gasteiger charge is 2.28. The Hall–Kier alpha value is -1.36. The van der Waals surface area contributed by atoms with Crippen molar-refractivity contribution in [1.82, 2.24) is 4.90 Å². The number of hydrogen-bond acceptors (Lipinski definition) is 4. The summed E-state index contributed by atoms with van der Waals surface area (Å²) in [6.07, 6.45) is 4.39. The third-order valence-electron chi connectivity index (χ3n) is 5.20. The van der Waals surface area contributed by atoms with Gasteiger partial charge in [0.2, 0.25) is 11.8 Å². The first-order valence-electron chi connectivity index (χ1n) is 9.87. The summed E-state index contributed by atoms with van der Waals surface area (Å²) in [7, 11) is 0. The Labute approximate surface area is 187 Å². The highest BCUT2D eigenvalue weighted by Crippen LogP contribution is 2.37. The lowest BCUT2D eigenvalue weighted by atomic mass is 10.1. The van der Waals surface area contributed by atoms with E-state index in [-0.39, 0.29) is 0 Å². The van der Waals surface area contributed by atoms with E-state index in [1.807, 2.05) is 18.2 Å². The normalized spacial score (nSPS) is 19.1. The molecule has 1 atom stereocenters. The fourth-order valence-electron chi connectivity index (χ4n) is 3.77. The highest BCUT2D eigenvalue weighted by atomic mass is 79.9. The first kappa shape index (κ1) is 20.9. The van der Waals surface area contributed by atoms with E-state index in [4.69, 9.17) is 21.1 Å². The molecule has 2 aromatic rings. The molecule has 1 aliphatic carbocycles. The number of benzene rings is 2. The molecule has 0 saturated carbocycles. The van der Waals surface area contributed by atoms with Crippen molar-refractivity contribution in [2.24, 2.45) is 0 Å². The summed E-state index contributed by atoms with van der Waals surface area (Å²) in [6, 6.07) is 18.7. The number of rotatable bonds is 6. The first-order chi connectivity index (χ1) is 14.2. The number of hydrogen-bond donors (Lipinski definition) is 0. The van der Waals surface area contributed by atoms with Crippen LogP contribution >= 0.6 is 22.9 Å². The predicted octanol–water partition coefficient (Wildman–Crippen LogP) is 5.41. The van der Waals surface area contributed by atoms with Crippen molar-refractivity contribution in [2.75, 3.05) is 32.9 Å². The predicted molar refractivity (Wildman–Crippen MR) is 127 cm³/mol. The summed E-state index contributed by atoms with van der Waals surface area (Å²) in [6.45, 7) is 3.01. The molecule has 0 radical (unpaired) electrons. The van der Waals surface area contributed by atoms with Gasteiger partial charge < -0.3 is 9.64 Å². The van der Waals surface area contributed by atoms with Crippen molar-refractivity contribution in [2.45, 2.75) is 12.8 Å².